The average Bonchev–Trinajstić information content (AvgIpc) is 2.62. The smallest absolute Gasteiger partial charge is 0.239 e. The van der Waals surface area contributed by atoms with E-state index in [2.05, 4.69) is 16.0 Å². The number of likely N-dealkylation sites (N-methyl/N-ethyl adjacent to an activating group) is 2. The van der Waals surface area contributed by atoms with Gasteiger partial charge in [-0.05, 0) is 27.4 Å². The van der Waals surface area contributed by atoms with Crippen LogP contribution in [0.3, 0.4) is 0 Å². The highest BCUT2D eigenvalue weighted by Gasteiger charge is 2.63. The number of aliphatic hydroxyl groups is 3. The Morgan fingerprint density at radius 3 is 2.37 bits per heavy atom. The van der Waals surface area contributed by atoms with Crippen molar-refractivity contribution in [2.24, 2.45) is 0 Å². The van der Waals surface area contributed by atoms with Crippen LogP contribution in [0.15, 0.2) is 0 Å². The standard InChI is InChI=1S/C17H31N3O7/c1-5-9(21)20-8-6-7(2)25-16-17(8,24)27-14-11(19-4)12(22)10(18-3)13(23)15(14)26-16/h7-8,10-16,18-19,22-24H,5-6H2,1-4H3,(H,20,21)/t7-,8?,10-,11+,12+,13+,14-,15-,16+,17+/m1/s1. The van der Waals surface area contributed by atoms with Crippen LogP contribution in [0.5, 0.6) is 0 Å². The molecule has 3 fully saturated rings. The Morgan fingerprint density at radius 2 is 1.78 bits per heavy atom. The van der Waals surface area contributed by atoms with Crippen LogP contribution in [-0.4, -0.2) is 96.0 Å². The summed E-state index contributed by atoms with van der Waals surface area (Å²) >= 11 is 0. The lowest BCUT2D eigenvalue weighted by Crippen LogP contribution is -2.79. The molecule has 0 radical (unpaired) electrons. The Morgan fingerprint density at radius 1 is 1.11 bits per heavy atom. The van der Waals surface area contributed by atoms with Crippen molar-refractivity contribution in [3.05, 3.63) is 0 Å². The highest BCUT2D eigenvalue weighted by Crippen LogP contribution is 2.41. The maximum Gasteiger partial charge on any atom is 0.239 e. The van der Waals surface area contributed by atoms with Crippen LogP contribution in [0.1, 0.15) is 26.7 Å². The highest BCUT2D eigenvalue weighted by atomic mass is 16.8. The van der Waals surface area contributed by atoms with Crippen molar-refractivity contribution in [2.75, 3.05) is 14.1 Å². The van der Waals surface area contributed by atoms with Gasteiger partial charge < -0.3 is 45.5 Å². The van der Waals surface area contributed by atoms with E-state index in [-0.39, 0.29) is 18.4 Å². The lowest BCUT2D eigenvalue weighted by Gasteiger charge is -2.58. The first-order valence-corrected chi connectivity index (χ1v) is 9.47. The maximum atomic E-state index is 11.9. The summed E-state index contributed by atoms with van der Waals surface area (Å²) in [5.41, 5.74) is 0. The Balaban J connectivity index is 1.91. The first-order valence-electron chi connectivity index (χ1n) is 9.47. The van der Waals surface area contributed by atoms with Crippen LogP contribution < -0.4 is 16.0 Å². The fourth-order valence-electron chi connectivity index (χ4n) is 4.31. The van der Waals surface area contributed by atoms with E-state index in [0.29, 0.717) is 6.42 Å². The summed E-state index contributed by atoms with van der Waals surface area (Å²) in [5.74, 6) is -2.16. The molecule has 3 aliphatic rings. The quantitative estimate of drug-likeness (QED) is 0.305. The number of amides is 1. The number of carbonyl (C=O) groups is 1. The summed E-state index contributed by atoms with van der Waals surface area (Å²) in [6.07, 6.45) is -4.59. The second-order valence-corrected chi connectivity index (χ2v) is 7.53. The number of hydrogen-bond acceptors (Lipinski definition) is 9. The molecule has 0 bridgehead atoms. The van der Waals surface area contributed by atoms with Gasteiger partial charge in [-0.25, -0.2) is 0 Å². The van der Waals surface area contributed by atoms with Gasteiger partial charge in [0.25, 0.3) is 0 Å². The average molecular weight is 389 g/mol. The van der Waals surface area contributed by atoms with Crippen molar-refractivity contribution in [3.8, 4) is 0 Å². The maximum absolute atomic E-state index is 11.9. The monoisotopic (exact) mass is 389 g/mol. The van der Waals surface area contributed by atoms with Crippen molar-refractivity contribution in [1.29, 1.82) is 0 Å². The van der Waals surface area contributed by atoms with Crippen molar-refractivity contribution in [1.82, 2.24) is 16.0 Å². The van der Waals surface area contributed by atoms with Crippen LogP contribution in [-0.2, 0) is 19.0 Å². The molecule has 6 N–H and O–H groups in total. The van der Waals surface area contributed by atoms with E-state index in [4.69, 9.17) is 14.2 Å². The number of fused-ring (bicyclic) bond motifs is 2. The number of aliphatic hydroxyl groups excluding tert-OH is 2. The lowest BCUT2D eigenvalue weighted by atomic mass is 9.79. The van der Waals surface area contributed by atoms with Crippen LogP contribution >= 0.6 is 0 Å². The van der Waals surface area contributed by atoms with Crippen LogP contribution in [0.25, 0.3) is 0 Å². The summed E-state index contributed by atoms with van der Waals surface area (Å²) in [5, 5.41) is 41.2. The zero-order valence-corrected chi connectivity index (χ0v) is 16.1. The molecule has 1 aliphatic carbocycles. The van der Waals surface area contributed by atoms with Gasteiger partial charge in [0, 0.05) is 6.42 Å². The van der Waals surface area contributed by atoms with Crippen LogP contribution in [0, 0.1) is 0 Å². The van der Waals surface area contributed by atoms with Crippen molar-refractivity contribution < 1.29 is 34.3 Å². The summed E-state index contributed by atoms with van der Waals surface area (Å²) in [6.45, 7) is 3.53. The van der Waals surface area contributed by atoms with Crippen LogP contribution in [0.4, 0.5) is 0 Å². The molecule has 0 aromatic rings. The minimum atomic E-state index is -1.93. The van der Waals surface area contributed by atoms with Crippen molar-refractivity contribution >= 4 is 5.91 Å². The Hall–Kier alpha value is -0.850. The number of rotatable bonds is 4. The van der Waals surface area contributed by atoms with E-state index in [1.807, 2.05) is 6.92 Å². The molecule has 10 nitrogen and oxygen atoms in total. The van der Waals surface area contributed by atoms with E-state index < -0.39 is 54.6 Å². The molecule has 156 valence electrons. The summed E-state index contributed by atoms with van der Waals surface area (Å²) in [4.78, 5) is 11.9. The van der Waals surface area contributed by atoms with Gasteiger partial charge in [-0.3, -0.25) is 4.79 Å². The molecule has 2 aliphatic heterocycles. The zero-order chi connectivity index (χ0) is 19.9. The van der Waals surface area contributed by atoms with Gasteiger partial charge in [0.1, 0.15) is 18.3 Å². The topological polar surface area (TPSA) is 142 Å². The third-order valence-electron chi connectivity index (χ3n) is 5.81. The Kier molecular flexibility index (Phi) is 6.09. The highest BCUT2D eigenvalue weighted by molar-refractivity contribution is 5.76. The minimum Gasteiger partial charge on any atom is -0.390 e. The number of ether oxygens (including phenoxy) is 3. The molecule has 1 unspecified atom stereocenters. The second-order valence-electron chi connectivity index (χ2n) is 7.53. The van der Waals surface area contributed by atoms with E-state index in [0.717, 1.165) is 0 Å². The van der Waals surface area contributed by atoms with Gasteiger partial charge in [0.05, 0.1) is 30.3 Å². The SMILES string of the molecule is CCC(=O)NC1C[C@@H](C)O[C@H]2O[C@@H]3[C@@H](O)[C@H](NC)[C@H](O)[C@H](NC)[C@H]3O[C@@]12O. The molecule has 27 heavy (non-hydrogen) atoms. The molecule has 10 heteroatoms. The van der Waals surface area contributed by atoms with Crippen molar-refractivity contribution in [3.63, 3.8) is 0 Å². The third-order valence-corrected chi connectivity index (χ3v) is 5.81. The van der Waals surface area contributed by atoms with Gasteiger partial charge >= 0.3 is 0 Å². The van der Waals surface area contributed by atoms with E-state index in [1.165, 1.54) is 0 Å². The van der Waals surface area contributed by atoms with E-state index in [1.54, 1.807) is 21.0 Å². The molecule has 1 saturated carbocycles. The molecular formula is C17H31N3O7. The van der Waals surface area contributed by atoms with E-state index >= 15 is 0 Å². The summed E-state index contributed by atoms with van der Waals surface area (Å²) in [6, 6.07) is -1.99. The summed E-state index contributed by atoms with van der Waals surface area (Å²) < 4.78 is 17.7. The predicted octanol–water partition coefficient (Wildman–Crippen LogP) is -2.60. The fraction of sp³-hybridized carbons (Fsp3) is 0.941. The van der Waals surface area contributed by atoms with Gasteiger partial charge in [-0.1, -0.05) is 6.92 Å². The minimum absolute atomic E-state index is 0.226. The Bertz CT molecular complexity index is 553. The first kappa shape index (κ1) is 20.9. The zero-order valence-electron chi connectivity index (χ0n) is 16.1. The summed E-state index contributed by atoms with van der Waals surface area (Å²) in [7, 11) is 3.30. The molecule has 0 spiro atoms. The fourth-order valence-corrected chi connectivity index (χ4v) is 4.31. The lowest BCUT2D eigenvalue weighted by molar-refractivity contribution is -0.449. The molecule has 3 rings (SSSR count). The molecule has 2 saturated heterocycles. The second kappa shape index (κ2) is 7.88. The van der Waals surface area contributed by atoms with Crippen LogP contribution in [0.2, 0.25) is 0 Å². The largest absolute Gasteiger partial charge is 0.390 e. The molecule has 2 heterocycles. The van der Waals surface area contributed by atoms with Crippen molar-refractivity contribution in [2.45, 2.75) is 87.4 Å². The van der Waals surface area contributed by atoms with E-state index in [9.17, 15) is 20.1 Å². The van der Waals surface area contributed by atoms with Gasteiger partial charge in [0.2, 0.25) is 18.0 Å². The molecular weight excluding hydrogens is 358 g/mol. The molecule has 1 amide bonds. The molecule has 10 atom stereocenters. The predicted molar refractivity (Wildman–Crippen MR) is 93.6 cm³/mol. The normalized spacial score (nSPS) is 49.8. The number of carbonyl (C=O) groups excluding carboxylic acids is 1. The molecule has 0 aromatic heterocycles. The number of nitrogens with one attached hydrogen (secondary N) is 3. The number of hydrogen-bond donors (Lipinski definition) is 6. The molecule has 0 aromatic carbocycles. The Labute approximate surface area is 158 Å². The first-order chi connectivity index (χ1) is 12.8. The van der Waals surface area contributed by atoms with Gasteiger partial charge in [-0.15, -0.1) is 0 Å². The van der Waals surface area contributed by atoms with Gasteiger partial charge in [0.15, 0.2) is 0 Å². The third kappa shape index (κ3) is 3.49. The van der Waals surface area contributed by atoms with Gasteiger partial charge in [-0.2, -0.15) is 0 Å².